The van der Waals surface area contributed by atoms with E-state index >= 15 is 0 Å². The van der Waals surface area contributed by atoms with Crippen LogP contribution in [0.2, 0.25) is 0 Å². The molecule has 3 nitrogen and oxygen atoms in total. The molecule has 0 heterocycles. The highest BCUT2D eigenvalue weighted by molar-refractivity contribution is 5.88. The number of alkyl halides is 6. The van der Waals surface area contributed by atoms with Crippen LogP contribution in [0.1, 0.15) is 30.0 Å². The molecule has 0 radical (unpaired) electrons. The van der Waals surface area contributed by atoms with E-state index in [9.17, 15) is 31.1 Å². The van der Waals surface area contributed by atoms with Crippen LogP contribution in [0.3, 0.4) is 0 Å². The van der Waals surface area contributed by atoms with E-state index in [0.717, 1.165) is 19.4 Å². The quantitative estimate of drug-likeness (QED) is 0.329. The topological polar surface area (TPSA) is 38.7 Å². The van der Waals surface area contributed by atoms with Crippen molar-refractivity contribution in [1.29, 1.82) is 0 Å². The Morgan fingerprint density at radius 1 is 1.12 bits per heavy atom. The maximum absolute atomic E-state index is 12.8. The van der Waals surface area contributed by atoms with Gasteiger partial charge in [0.15, 0.2) is 5.54 Å². The van der Waals surface area contributed by atoms with Gasteiger partial charge in [-0.2, -0.15) is 26.3 Å². The summed E-state index contributed by atoms with van der Waals surface area (Å²) in [6.07, 6.45) is -7.98. The fraction of sp³-hybridized carbons (Fsp3) is 0.375. The highest BCUT2D eigenvalue weighted by Gasteiger charge is 2.37. The summed E-state index contributed by atoms with van der Waals surface area (Å²) in [5.74, 6) is -0.829. The molecule has 0 aromatic heterocycles. The molecule has 0 spiro atoms. The molecule has 0 N–H and O–H groups in total. The third-order valence-corrected chi connectivity index (χ3v) is 3.47. The monoisotopic (exact) mass is 367 g/mol. The van der Waals surface area contributed by atoms with E-state index in [4.69, 9.17) is 0 Å². The van der Waals surface area contributed by atoms with Crippen molar-refractivity contribution in [1.82, 2.24) is 0 Å². The second-order valence-corrected chi connectivity index (χ2v) is 5.07. The Balaban J connectivity index is 3.46. The van der Waals surface area contributed by atoms with Gasteiger partial charge in [0.05, 0.1) is 18.2 Å². The summed E-state index contributed by atoms with van der Waals surface area (Å²) in [6, 6.07) is 1.04. The first kappa shape index (κ1) is 20.7. The molecule has 1 atom stereocenters. The maximum Gasteiger partial charge on any atom is 0.416 e. The molecule has 25 heavy (non-hydrogen) atoms. The average Bonchev–Trinajstić information content (AvgIpc) is 2.54. The standard InChI is InChI=1S/C16H15F6NO2/c1-4-14(5-2,13(24)25-3)23-9-10-6-11(15(17,18)19)8-12(7-10)16(20,21)22/h4,6-9H,1,5H2,2-3H3/t14-/m1/s1. The lowest BCUT2D eigenvalue weighted by Gasteiger charge is -2.21. The van der Waals surface area contributed by atoms with Crippen molar-refractivity contribution in [2.75, 3.05) is 7.11 Å². The molecule has 1 aromatic rings. The first-order valence-corrected chi connectivity index (χ1v) is 6.96. The lowest BCUT2D eigenvalue weighted by molar-refractivity contribution is -0.145. The minimum absolute atomic E-state index is 0.0121. The highest BCUT2D eigenvalue weighted by Crippen LogP contribution is 2.36. The minimum Gasteiger partial charge on any atom is -0.467 e. The van der Waals surface area contributed by atoms with Gasteiger partial charge >= 0.3 is 18.3 Å². The van der Waals surface area contributed by atoms with Crippen LogP contribution >= 0.6 is 0 Å². The molecule has 0 aliphatic heterocycles. The average molecular weight is 367 g/mol. The molecule has 138 valence electrons. The predicted octanol–water partition coefficient (Wildman–Crippen LogP) is 4.65. The van der Waals surface area contributed by atoms with Crippen molar-refractivity contribution in [3.8, 4) is 0 Å². The number of methoxy groups -OCH3 is 1. The number of halogens is 6. The summed E-state index contributed by atoms with van der Waals surface area (Å²) in [5, 5.41) is 0. The van der Waals surface area contributed by atoms with Crippen LogP contribution in [-0.2, 0) is 21.9 Å². The van der Waals surface area contributed by atoms with Gasteiger partial charge in [0.25, 0.3) is 0 Å². The fourth-order valence-corrected chi connectivity index (χ4v) is 1.99. The van der Waals surface area contributed by atoms with Gasteiger partial charge in [-0.3, -0.25) is 4.99 Å². The molecule has 0 aliphatic rings. The number of benzene rings is 1. The first-order chi connectivity index (χ1) is 11.4. The Hall–Kier alpha value is -2.32. The van der Waals surface area contributed by atoms with Crippen molar-refractivity contribution >= 4 is 12.2 Å². The van der Waals surface area contributed by atoms with Gasteiger partial charge < -0.3 is 4.74 Å². The van der Waals surface area contributed by atoms with E-state index < -0.39 is 40.6 Å². The summed E-state index contributed by atoms with van der Waals surface area (Å²) in [6.45, 7) is 4.97. The second-order valence-electron chi connectivity index (χ2n) is 5.07. The smallest absolute Gasteiger partial charge is 0.416 e. The number of carbonyl (C=O) groups is 1. The van der Waals surface area contributed by atoms with Crippen LogP contribution in [0.15, 0.2) is 35.8 Å². The number of hydrogen-bond donors (Lipinski definition) is 0. The summed E-state index contributed by atoms with van der Waals surface area (Å²) < 4.78 is 81.5. The molecule has 1 aromatic carbocycles. The molecule has 1 rings (SSSR count). The number of esters is 1. The fourth-order valence-electron chi connectivity index (χ4n) is 1.99. The maximum atomic E-state index is 12.8. The van der Waals surface area contributed by atoms with Crippen molar-refractivity contribution in [2.24, 2.45) is 4.99 Å². The second kappa shape index (κ2) is 7.28. The van der Waals surface area contributed by atoms with E-state index in [2.05, 4.69) is 16.3 Å². The van der Waals surface area contributed by atoms with Gasteiger partial charge in [0.2, 0.25) is 0 Å². The van der Waals surface area contributed by atoms with Crippen LogP contribution in [0.5, 0.6) is 0 Å². The van der Waals surface area contributed by atoms with Gasteiger partial charge in [0.1, 0.15) is 0 Å². The number of aliphatic imine (C=N–C) groups is 1. The Labute approximate surface area is 140 Å². The zero-order chi connectivity index (χ0) is 19.5. The van der Waals surface area contributed by atoms with Gasteiger partial charge in [-0.05, 0) is 30.2 Å². The van der Waals surface area contributed by atoms with E-state index in [1.165, 1.54) is 0 Å². The zero-order valence-electron chi connectivity index (χ0n) is 13.3. The Morgan fingerprint density at radius 2 is 1.60 bits per heavy atom. The molecule has 0 saturated carbocycles. The minimum atomic E-state index is -4.97. The van der Waals surface area contributed by atoms with Gasteiger partial charge in [-0.1, -0.05) is 13.0 Å². The largest absolute Gasteiger partial charge is 0.467 e. The van der Waals surface area contributed by atoms with E-state index in [1.54, 1.807) is 6.92 Å². The summed E-state index contributed by atoms with van der Waals surface area (Å²) in [4.78, 5) is 15.6. The lowest BCUT2D eigenvalue weighted by atomic mass is 9.97. The van der Waals surface area contributed by atoms with Crippen molar-refractivity contribution < 1.29 is 35.9 Å². The molecule has 9 heteroatoms. The molecule has 0 amide bonds. The van der Waals surface area contributed by atoms with Crippen LogP contribution in [-0.4, -0.2) is 24.8 Å². The summed E-state index contributed by atoms with van der Waals surface area (Å²) in [5.41, 5.74) is -4.99. The van der Waals surface area contributed by atoms with Crippen LogP contribution in [0.4, 0.5) is 26.3 Å². The van der Waals surface area contributed by atoms with Gasteiger partial charge in [-0.15, -0.1) is 6.58 Å². The zero-order valence-corrected chi connectivity index (χ0v) is 13.3. The number of nitrogens with zero attached hydrogens (tertiary/aromatic N) is 1. The van der Waals surface area contributed by atoms with Crippen molar-refractivity contribution in [2.45, 2.75) is 31.2 Å². The summed E-state index contributed by atoms with van der Waals surface area (Å²) in [7, 11) is 1.08. The highest BCUT2D eigenvalue weighted by atomic mass is 19.4. The molecular formula is C16H15F6NO2. The van der Waals surface area contributed by atoms with E-state index in [-0.39, 0.29) is 12.5 Å². The Kier molecular flexibility index (Phi) is 6.04. The van der Waals surface area contributed by atoms with E-state index in [0.29, 0.717) is 12.1 Å². The molecule has 0 aliphatic carbocycles. The molecule has 0 fully saturated rings. The van der Waals surface area contributed by atoms with Crippen LogP contribution in [0, 0.1) is 0 Å². The van der Waals surface area contributed by atoms with E-state index in [1.807, 2.05) is 0 Å². The van der Waals surface area contributed by atoms with Crippen LogP contribution < -0.4 is 0 Å². The summed E-state index contributed by atoms with van der Waals surface area (Å²) >= 11 is 0. The number of rotatable bonds is 5. The number of carbonyl (C=O) groups excluding carboxylic acids is 1. The number of hydrogen-bond acceptors (Lipinski definition) is 3. The predicted molar refractivity (Wildman–Crippen MR) is 79.3 cm³/mol. The first-order valence-electron chi connectivity index (χ1n) is 6.96. The Bertz CT molecular complexity index is 646. The van der Waals surface area contributed by atoms with Gasteiger partial charge in [-0.25, -0.2) is 4.79 Å². The van der Waals surface area contributed by atoms with Crippen LogP contribution in [0.25, 0.3) is 0 Å². The van der Waals surface area contributed by atoms with Crippen molar-refractivity contribution in [3.05, 3.63) is 47.5 Å². The number of ether oxygens (including phenoxy) is 1. The molecule has 0 unspecified atom stereocenters. The molecular weight excluding hydrogens is 352 g/mol. The SMILES string of the molecule is C=C[C@](CC)(N=Cc1cc(C(F)(F)F)cc(C(F)(F)F)c1)C(=O)OC. The third kappa shape index (κ3) is 4.83. The third-order valence-electron chi connectivity index (χ3n) is 3.47. The normalized spacial score (nSPS) is 15.0. The van der Waals surface area contributed by atoms with Crippen molar-refractivity contribution in [3.63, 3.8) is 0 Å². The lowest BCUT2D eigenvalue weighted by Crippen LogP contribution is -2.35. The van der Waals surface area contributed by atoms with Gasteiger partial charge in [0, 0.05) is 6.21 Å². The Morgan fingerprint density at radius 3 is 1.92 bits per heavy atom. The molecule has 0 bridgehead atoms. The molecule has 0 saturated heterocycles.